The molecule has 1 saturated heterocycles. The standard InChI is InChI=1S/C18H24BrN3O3S/c1-10(2)11(3)21-17-22(18(19,9-26-17)13-4-5-13)20-8-12-6-15(24)16(25)7-14(12)23/h6-8,10-11,13,23-25H,4-5,9H2,1-3H3/b20-8+,21-17?. The second-order valence-corrected chi connectivity index (χ2v) is 9.55. The van der Waals surface area contributed by atoms with Crippen molar-refractivity contribution in [1.29, 1.82) is 0 Å². The summed E-state index contributed by atoms with van der Waals surface area (Å²) in [5, 5.41) is 36.5. The van der Waals surface area contributed by atoms with Crippen LogP contribution in [0, 0.1) is 11.8 Å². The smallest absolute Gasteiger partial charge is 0.181 e. The van der Waals surface area contributed by atoms with E-state index >= 15 is 0 Å². The van der Waals surface area contributed by atoms with Crippen molar-refractivity contribution >= 4 is 39.1 Å². The summed E-state index contributed by atoms with van der Waals surface area (Å²) in [5.41, 5.74) is 0.333. The van der Waals surface area contributed by atoms with Crippen molar-refractivity contribution in [3.8, 4) is 17.2 Å². The van der Waals surface area contributed by atoms with Gasteiger partial charge in [0.25, 0.3) is 0 Å². The third-order valence-electron chi connectivity index (χ3n) is 4.85. The largest absolute Gasteiger partial charge is 0.507 e. The van der Waals surface area contributed by atoms with Crippen LogP contribution in [0.25, 0.3) is 0 Å². The van der Waals surface area contributed by atoms with Crippen LogP contribution in [0.15, 0.2) is 22.2 Å². The van der Waals surface area contributed by atoms with Crippen LogP contribution in [-0.2, 0) is 0 Å². The molecule has 2 atom stereocenters. The average molecular weight is 442 g/mol. The summed E-state index contributed by atoms with van der Waals surface area (Å²) in [6, 6.07) is 2.57. The lowest BCUT2D eigenvalue weighted by atomic mass is 10.1. The zero-order chi connectivity index (χ0) is 19.1. The van der Waals surface area contributed by atoms with Crippen molar-refractivity contribution in [3.05, 3.63) is 17.7 Å². The number of nitrogens with zero attached hydrogens (tertiary/aromatic N) is 3. The fourth-order valence-electron chi connectivity index (χ4n) is 2.63. The minimum atomic E-state index is -0.364. The number of rotatable bonds is 5. The van der Waals surface area contributed by atoms with E-state index in [1.54, 1.807) is 11.8 Å². The third-order valence-corrected chi connectivity index (χ3v) is 7.61. The van der Waals surface area contributed by atoms with Gasteiger partial charge in [-0.15, -0.1) is 0 Å². The van der Waals surface area contributed by atoms with Crippen molar-refractivity contribution < 1.29 is 15.3 Å². The Morgan fingerprint density at radius 3 is 2.46 bits per heavy atom. The van der Waals surface area contributed by atoms with Crippen LogP contribution in [0.2, 0.25) is 0 Å². The van der Waals surface area contributed by atoms with Gasteiger partial charge < -0.3 is 15.3 Å². The van der Waals surface area contributed by atoms with Gasteiger partial charge in [0.05, 0.1) is 12.3 Å². The van der Waals surface area contributed by atoms with E-state index in [4.69, 9.17) is 4.99 Å². The SMILES string of the molecule is CC(C)C(C)N=C1SCC(Br)(C2CC2)N1/N=C/c1cc(O)c(O)cc1O. The molecule has 1 saturated carbocycles. The molecule has 0 radical (unpaired) electrons. The molecule has 3 rings (SSSR count). The van der Waals surface area contributed by atoms with E-state index in [9.17, 15) is 15.3 Å². The van der Waals surface area contributed by atoms with Crippen LogP contribution in [0.4, 0.5) is 0 Å². The molecule has 0 aromatic heterocycles. The molecule has 0 amide bonds. The first-order valence-electron chi connectivity index (χ1n) is 8.71. The number of aliphatic imine (C=N–C) groups is 1. The van der Waals surface area contributed by atoms with Crippen molar-refractivity contribution in [2.24, 2.45) is 21.9 Å². The van der Waals surface area contributed by atoms with E-state index in [0.717, 1.165) is 29.8 Å². The van der Waals surface area contributed by atoms with Crippen LogP contribution < -0.4 is 0 Å². The Bertz CT molecular complexity index is 751. The first kappa shape index (κ1) is 19.4. The number of amidine groups is 1. The molecular weight excluding hydrogens is 418 g/mol. The topological polar surface area (TPSA) is 88.7 Å². The molecule has 2 fully saturated rings. The molecule has 1 aromatic rings. The summed E-state index contributed by atoms with van der Waals surface area (Å²) in [5.74, 6) is 0.989. The first-order valence-corrected chi connectivity index (χ1v) is 10.5. The highest BCUT2D eigenvalue weighted by atomic mass is 79.9. The minimum absolute atomic E-state index is 0.142. The van der Waals surface area contributed by atoms with Gasteiger partial charge in [0.1, 0.15) is 10.2 Å². The zero-order valence-corrected chi connectivity index (χ0v) is 17.5. The maximum Gasteiger partial charge on any atom is 0.181 e. The molecule has 0 spiro atoms. The highest BCUT2D eigenvalue weighted by molar-refractivity contribution is 9.10. The average Bonchev–Trinajstić information content (AvgIpc) is 3.37. The van der Waals surface area contributed by atoms with Gasteiger partial charge in [0, 0.05) is 17.4 Å². The van der Waals surface area contributed by atoms with Crippen LogP contribution in [0.3, 0.4) is 0 Å². The summed E-state index contributed by atoms with van der Waals surface area (Å²) in [6.07, 6.45) is 3.79. The summed E-state index contributed by atoms with van der Waals surface area (Å²) >= 11 is 5.56. The number of phenols is 3. The Hall–Kier alpha value is -1.41. The molecule has 142 valence electrons. The van der Waals surface area contributed by atoms with Crippen LogP contribution in [-0.4, -0.2) is 48.0 Å². The van der Waals surface area contributed by atoms with E-state index in [-0.39, 0.29) is 27.7 Å². The third kappa shape index (κ3) is 3.81. The minimum Gasteiger partial charge on any atom is -0.507 e. The van der Waals surface area contributed by atoms with Gasteiger partial charge in [-0.1, -0.05) is 41.5 Å². The molecule has 2 aliphatic rings. The fourth-order valence-corrected chi connectivity index (χ4v) is 5.07. The zero-order valence-electron chi connectivity index (χ0n) is 15.1. The van der Waals surface area contributed by atoms with Crippen molar-refractivity contribution in [2.45, 2.75) is 44.1 Å². The van der Waals surface area contributed by atoms with Gasteiger partial charge in [0.15, 0.2) is 16.7 Å². The molecule has 3 N–H and O–H groups in total. The number of alkyl halides is 1. The van der Waals surface area contributed by atoms with E-state index in [0.29, 0.717) is 17.4 Å². The second-order valence-electron chi connectivity index (χ2n) is 7.23. The lowest BCUT2D eigenvalue weighted by Gasteiger charge is -2.30. The van der Waals surface area contributed by atoms with Gasteiger partial charge >= 0.3 is 0 Å². The normalized spacial score (nSPS) is 26.3. The van der Waals surface area contributed by atoms with Gasteiger partial charge in [-0.2, -0.15) is 5.10 Å². The van der Waals surface area contributed by atoms with E-state index in [2.05, 4.69) is 41.8 Å². The van der Waals surface area contributed by atoms with Crippen LogP contribution in [0.1, 0.15) is 39.2 Å². The lowest BCUT2D eigenvalue weighted by Crippen LogP contribution is -2.41. The Morgan fingerprint density at radius 2 is 1.85 bits per heavy atom. The Balaban J connectivity index is 1.93. The molecular formula is C18H24BrN3O3S. The summed E-state index contributed by atoms with van der Waals surface area (Å²) in [7, 11) is 0. The van der Waals surface area contributed by atoms with E-state index in [1.807, 2.05) is 5.01 Å². The van der Waals surface area contributed by atoms with Crippen molar-refractivity contribution in [2.75, 3.05) is 5.75 Å². The predicted octanol–water partition coefficient (Wildman–Crippen LogP) is 4.09. The molecule has 6 nitrogen and oxygen atoms in total. The molecule has 1 aliphatic heterocycles. The molecule has 0 bridgehead atoms. The van der Waals surface area contributed by atoms with Gasteiger partial charge in [-0.25, -0.2) is 5.01 Å². The van der Waals surface area contributed by atoms with Gasteiger partial charge in [-0.3, -0.25) is 4.99 Å². The Labute approximate surface area is 166 Å². The number of hydrogen-bond acceptors (Lipinski definition) is 6. The highest BCUT2D eigenvalue weighted by Crippen LogP contribution is 2.53. The summed E-state index contributed by atoms with van der Waals surface area (Å²) in [4.78, 5) is 4.84. The number of aromatic hydroxyl groups is 3. The number of phenolic OH excluding ortho intramolecular Hbond substituents is 3. The van der Waals surface area contributed by atoms with Gasteiger partial charge in [-0.05, 0) is 37.7 Å². The monoisotopic (exact) mass is 441 g/mol. The molecule has 1 aliphatic carbocycles. The molecule has 26 heavy (non-hydrogen) atoms. The number of benzene rings is 1. The maximum absolute atomic E-state index is 10.00. The molecule has 1 heterocycles. The number of halogens is 1. The molecule has 1 aromatic carbocycles. The maximum atomic E-state index is 10.00. The second kappa shape index (κ2) is 7.31. The van der Waals surface area contributed by atoms with Crippen molar-refractivity contribution in [3.63, 3.8) is 0 Å². The summed E-state index contributed by atoms with van der Waals surface area (Å²) in [6.45, 7) is 6.37. The van der Waals surface area contributed by atoms with E-state index < -0.39 is 0 Å². The first-order chi connectivity index (χ1) is 12.2. The van der Waals surface area contributed by atoms with Crippen LogP contribution >= 0.6 is 27.7 Å². The number of hydrazone groups is 1. The van der Waals surface area contributed by atoms with Crippen molar-refractivity contribution in [1.82, 2.24) is 5.01 Å². The number of thioether (sulfide) groups is 1. The lowest BCUT2D eigenvalue weighted by molar-refractivity contribution is 0.303. The highest BCUT2D eigenvalue weighted by Gasteiger charge is 2.53. The van der Waals surface area contributed by atoms with Crippen LogP contribution in [0.5, 0.6) is 17.2 Å². The van der Waals surface area contributed by atoms with Gasteiger partial charge in [0.2, 0.25) is 0 Å². The van der Waals surface area contributed by atoms with E-state index in [1.165, 1.54) is 12.3 Å². The summed E-state index contributed by atoms with van der Waals surface area (Å²) < 4.78 is -0.279. The quantitative estimate of drug-likeness (QED) is 0.210. The molecule has 2 unspecified atom stereocenters. The predicted molar refractivity (Wildman–Crippen MR) is 109 cm³/mol. The molecule has 8 heteroatoms. The number of hydrogen-bond donors (Lipinski definition) is 3. The Kier molecular flexibility index (Phi) is 5.44. The Morgan fingerprint density at radius 1 is 1.19 bits per heavy atom. The fraction of sp³-hybridized carbons (Fsp3) is 0.556.